The van der Waals surface area contributed by atoms with Crippen LogP contribution in [-0.4, -0.2) is 73.7 Å². The second-order valence-corrected chi connectivity index (χ2v) is 9.39. The predicted octanol–water partition coefficient (Wildman–Crippen LogP) is 2.31. The lowest BCUT2D eigenvalue weighted by Crippen LogP contribution is -2.55. The Labute approximate surface area is 164 Å². The lowest BCUT2D eigenvalue weighted by molar-refractivity contribution is -0.135. The number of sulfonamides is 1. The van der Waals surface area contributed by atoms with Gasteiger partial charge in [-0.2, -0.15) is 4.31 Å². The third kappa shape index (κ3) is 3.87. The number of nitrogens with zero attached hydrogens (tertiary/aromatic N) is 3. The van der Waals surface area contributed by atoms with Gasteiger partial charge in [-0.1, -0.05) is 29.3 Å². The highest BCUT2D eigenvalue weighted by atomic mass is 35.5. The number of piperazine rings is 1. The van der Waals surface area contributed by atoms with Crippen LogP contribution in [0.25, 0.3) is 0 Å². The van der Waals surface area contributed by atoms with Gasteiger partial charge in [-0.15, -0.1) is 0 Å². The predicted molar refractivity (Wildman–Crippen MR) is 102 cm³/mol. The van der Waals surface area contributed by atoms with Crippen molar-refractivity contribution in [2.75, 3.05) is 39.3 Å². The van der Waals surface area contributed by atoms with E-state index in [2.05, 4.69) is 0 Å². The molecule has 2 aliphatic heterocycles. The van der Waals surface area contributed by atoms with Gasteiger partial charge in [0.1, 0.15) is 4.90 Å². The van der Waals surface area contributed by atoms with Gasteiger partial charge >= 0.3 is 0 Å². The van der Waals surface area contributed by atoms with Crippen molar-refractivity contribution in [1.82, 2.24) is 14.1 Å². The Hall–Kier alpha value is -0.860. The maximum absolute atomic E-state index is 12.9. The molecule has 2 heterocycles. The summed E-state index contributed by atoms with van der Waals surface area (Å²) in [6, 6.07) is 4.43. The van der Waals surface area contributed by atoms with Crippen LogP contribution in [0.15, 0.2) is 23.1 Å². The van der Waals surface area contributed by atoms with Crippen LogP contribution in [0, 0.1) is 0 Å². The van der Waals surface area contributed by atoms with Crippen LogP contribution < -0.4 is 0 Å². The summed E-state index contributed by atoms with van der Waals surface area (Å²) in [4.78, 5) is 16.5. The fraction of sp³-hybridized carbons (Fsp3) is 0.588. The van der Waals surface area contributed by atoms with Crippen molar-refractivity contribution < 1.29 is 13.2 Å². The first-order valence-corrected chi connectivity index (χ1v) is 11.0. The van der Waals surface area contributed by atoms with E-state index >= 15 is 0 Å². The maximum atomic E-state index is 12.9. The smallest absolute Gasteiger partial charge is 0.246 e. The van der Waals surface area contributed by atoms with E-state index in [9.17, 15) is 13.2 Å². The Morgan fingerprint density at radius 2 is 1.54 bits per heavy atom. The molecule has 0 radical (unpaired) electrons. The van der Waals surface area contributed by atoms with Crippen molar-refractivity contribution >= 4 is 39.1 Å². The van der Waals surface area contributed by atoms with Crippen LogP contribution in [0.3, 0.4) is 0 Å². The van der Waals surface area contributed by atoms with Gasteiger partial charge < -0.3 is 4.90 Å². The van der Waals surface area contributed by atoms with E-state index < -0.39 is 10.0 Å². The molecule has 144 valence electrons. The van der Waals surface area contributed by atoms with Crippen LogP contribution in [0.2, 0.25) is 10.0 Å². The van der Waals surface area contributed by atoms with Crippen LogP contribution in [-0.2, 0) is 14.8 Å². The zero-order valence-electron chi connectivity index (χ0n) is 14.7. The number of benzene rings is 1. The van der Waals surface area contributed by atoms with Gasteiger partial charge in [0.2, 0.25) is 15.9 Å². The Balaban J connectivity index is 1.67. The highest BCUT2D eigenvalue weighted by molar-refractivity contribution is 7.89. The molecule has 2 fully saturated rings. The van der Waals surface area contributed by atoms with Gasteiger partial charge in [0.15, 0.2) is 0 Å². The number of halogens is 2. The summed E-state index contributed by atoms with van der Waals surface area (Å²) in [5.74, 6) is 0.132. The van der Waals surface area contributed by atoms with Gasteiger partial charge in [-0.05, 0) is 31.9 Å². The summed E-state index contributed by atoms with van der Waals surface area (Å²) < 4.78 is 27.2. The standard InChI is InChI=1S/C17H23Cl2N3O3S/c1-13(17(23)21-7-2-3-8-21)20-9-11-22(12-10-20)26(24,25)16-14(18)5-4-6-15(16)19/h4-6,13H,2-3,7-12H2,1H3. The van der Waals surface area contributed by atoms with E-state index in [-0.39, 0.29) is 26.9 Å². The maximum Gasteiger partial charge on any atom is 0.246 e. The van der Waals surface area contributed by atoms with E-state index in [1.165, 1.54) is 16.4 Å². The van der Waals surface area contributed by atoms with E-state index in [0.29, 0.717) is 26.2 Å². The molecule has 1 atom stereocenters. The van der Waals surface area contributed by atoms with E-state index in [1.807, 2.05) is 16.7 Å². The second kappa shape index (κ2) is 8.02. The molecule has 1 amide bonds. The Morgan fingerprint density at radius 3 is 2.08 bits per heavy atom. The summed E-state index contributed by atoms with van der Waals surface area (Å²) in [5, 5.41) is 0.245. The Morgan fingerprint density at radius 1 is 1.00 bits per heavy atom. The molecule has 1 aromatic rings. The number of carbonyl (C=O) groups is 1. The molecule has 0 aliphatic carbocycles. The molecule has 0 saturated carbocycles. The molecule has 2 aliphatic rings. The van der Waals surface area contributed by atoms with Crippen molar-refractivity contribution in [3.05, 3.63) is 28.2 Å². The molecule has 0 bridgehead atoms. The molecule has 6 nitrogen and oxygen atoms in total. The summed E-state index contributed by atoms with van der Waals surface area (Å²) in [6.07, 6.45) is 2.12. The zero-order valence-corrected chi connectivity index (χ0v) is 17.0. The molecular formula is C17H23Cl2N3O3S. The molecule has 0 spiro atoms. The zero-order chi connectivity index (χ0) is 18.9. The van der Waals surface area contributed by atoms with Crippen molar-refractivity contribution in [3.63, 3.8) is 0 Å². The largest absolute Gasteiger partial charge is 0.341 e. The topological polar surface area (TPSA) is 60.9 Å². The van der Waals surface area contributed by atoms with Gasteiger partial charge in [0, 0.05) is 39.3 Å². The van der Waals surface area contributed by atoms with Crippen molar-refractivity contribution in [2.45, 2.75) is 30.7 Å². The summed E-state index contributed by atoms with van der Waals surface area (Å²) in [7, 11) is -3.76. The number of amides is 1. The molecule has 26 heavy (non-hydrogen) atoms. The Kier molecular flexibility index (Phi) is 6.14. The number of hydrogen-bond acceptors (Lipinski definition) is 4. The summed E-state index contributed by atoms with van der Waals surface area (Å²) in [6.45, 7) is 5.16. The highest BCUT2D eigenvalue weighted by Gasteiger charge is 2.35. The number of rotatable bonds is 4. The molecule has 1 unspecified atom stereocenters. The molecular weight excluding hydrogens is 397 g/mol. The summed E-state index contributed by atoms with van der Waals surface area (Å²) in [5.41, 5.74) is 0. The van der Waals surface area contributed by atoms with Crippen LogP contribution >= 0.6 is 23.2 Å². The minimum Gasteiger partial charge on any atom is -0.341 e. The summed E-state index contributed by atoms with van der Waals surface area (Å²) >= 11 is 12.2. The number of hydrogen-bond donors (Lipinski definition) is 0. The lowest BCUT2D eigenvalue weighted by atomic mass is 10.2. The first-order chi connectivity index (χ1) is 12.3. The van der Waals surface area contributed by atoms with Crippen molar-refractivity contribution in [2.24, 2.45) is 0 Å². The molecule has 1 aromatic carbocycles. The van der Waals surface area contributed by atoms with E-state index in [1.54, 1.807) is 6.07 Å². The van der Waals surface area contributed by atoms with Gasteiger partial charge in [0.05, 0.1) is 16.1 Å². The van der Waals surface area contributed by atoms with E-state index in [4.69, 9.17) is 23.2 Å². The highest BCUT2D eigenvalue weighted by Crippen LogP contribution is 2.32. The lowest BCUT2D eigenvalue weighted by Gasteiger charge is -2.38. The minimum absolute atomic E-state index is 0.0435. The number of carbonyl (C=O) groups excluding carboxylic acids is 1. The molecule has 0 aromatic heterocycles. The van der Waals surface area contributed by atoms with Crippen LogP contribution in [0.1, 0.15) is 19.8 Å². The average molecular weight is 420 g/mol. The first-order valence-electron chi connectivity index (χ1n) is 8.79. The number of likely N-dealkylation sites (tertiary alicyclic amines) is 1. The molecule has 0 N–H and O–H groups in total. The SMILES string of the molecule is CC(C(=O)N1CCCC1)N1CCN(S(=O)(=O)c2c(Cl)cccc2Cl)CC1. The average Bonchev–Trinajstić information content (AvgIpc) is 3.15. The normalized spacial score (nSPS) is 21.1. The van der Waals surface area contributed by atoms with Crippen molar-refractivity contribution in [3.8, 4) is 0 Å². The third-order valence-electron chi connectivity index (χ3n) is 5.11. The van der Waals surface area contributed by atoms with Gasteiger partial charge in [-0.3, -0.25) is 9.69 Å². The third-order valence-corrected chi connectivity index (χ3v) is 7.97. The van der Waals surface area contributed by atoms with E-state index in [0.717, 1.165) is 25.9 Å². The first kappa shape index (κ1) is 19.9. The quantitative estimate of drug-likeness (QED) is 0.750. The molecule has 3 rings (SSSR count). The minimum atomic E-state index is -3.76. The fourth-order valence-electron chi connectivity index (χ4n) is 3.55. The second-order valence-electron chi connectivity index (χ2n) is 6.70. The van der Waals surface area contributed by atoms with Crippen LogP contribution in [0.5, 0.6) is 0 Å². The van der Waals surface area contributed by atoms with Gasteiger partial charge in [0.25, 0.3) is 0 Å². The Bertz CT molecular complexity index is 753. The van der Waals surface area contributed by atoms with Crippen molar-refractivity contribution in [1.29, 1.82) is 0 Å². The van der Waals surface area contributed by atoms with Crippen LogP contribution in [0.4, 0.5) is 0 Å². The fourth-order valence-corrected chi connectivity index (χ4v) is 6.06. The monoisotopic (exact) mass is 419 g/mol. The van der Waals surface area contributed by atoms with Gasteiger partial charge in [-0.25, -0.2) is 8.42 Å². The molecule has 2 saturated heterocycles. The molecule has 9 heteroatoms.